The molecule has 0 radical (unpaired) electrons. The number of aromatic amines is 1. The number of benzene rings is 1. The van der Waals surface area contributed by atoms with Crippen molar-refractivity contribution < 1.29 is 9.90 Å². The molecule has 5 nitrogen and oxygen atoms in total. The van der Waals surface area contributed by atoms with Gasteiger partial charge in [-0.2, -0.15) is 5.10 Å². The predicted octanol–water partition coefficient (Wildman–Crippen LogP) is 2.61. The Kier molecular flexibility index (Phi) is 3.94. The third-order valence-corrected chi connectivity index (χ3v) is 2.94. The highest BCUT2D eigenvalue weighted by Gasteiger charge is 2.08. The maximum atomic E-state index is 10.5. The molecular weight excluding hydrogens is 242 g/mol. The van der Waals surface area contributed by atoms with E-state index in [9.17, 15) is 4.79 Å². The van der Waals surface area contributed by atoms with Crippen LogP contribution < -0.4 is 0 Å². The molecule has 0 saturated heterocycles. The third-order valence-electron chi connectivity index (χ3n) is 2.94. The summed E-state index contributed by atoms with van der Waals surface area (Å²) in [7, 11) is 0. The number of carbonyl (C=O) groups is 1. The van der Waals surface area contributed by atoms with E-state index in [4.69, 9.17) is 5.11 Å². The van der Waals surface area contributed by atoms with E-state index in [0.29, 0.717) is 24.0 Å². The Labute approximate surface area is 111 Å². The molecule has 1 aromatic carbocycles. The van der Waals surface area contributed by atoms with Crippen molar-refractivity contribution in [3.8, 4) is 11.4 Å². The Morgan fingerprint density at radius 2 is 2.00 bits per heavy atom. The molecule has 0 amide bonds. The smallest absolute Gasteiger partial charge is 0.303 e. The summed E-state index contributed by atoms with van der Waals surface area (Å²) in [6, 6.07) is 8.10. The third kappa shape index (κ3) is 3.40. The second kappa shape index (κ2) is 5.65. The lowest BCUT2D eigenvalue weighted by Gasteiger charge is -2.04. The fourth-order valence-corrected chi connectivity index (χ4v) is 1.78. The van der Waals surface area contributed by atoms with E-state index in [1.54, 1.807) is 0 Å². The Morgan fingerprint density at radius 1 is 1.32 bits per heavy atom. The van der Waals surface area contributed by atoms with Gasteiger partial charge in [0.15, 0.2) is 5.82 Å². The van der Waals surface area contributed by atoms with Crippen LogP contribution >= 0.6 is 0 Å². The number of aromatic nitrogens is 3. The van der Waals surface area contributed by atoms with Crippen molar-refractivity contribution in [2.75, 3.05) is 0 Å². The van der Waals surface area contributed by atoms with Crippen molar-refractivity contribution in [2.24, 2.45) is 0 Å². The molecule has 0 unspecified atom stereocenters. The van der Waals surface area contributed by atoms with Crippen LogP contribution in [-0.4, -0.2) is 26.3 Å². The number of aliphatic carboxylic acids is 1. The highest BCUT2D eigenvalue weighted by molar-refractivity contribution is 5.66. The predicted molar refractivity (Wildman–Crippen MR) is 71.9 cm³/mol. The number of aryl methyl sites for hydroxylation is 1. The van der Waals surface area contributed by atoms with Gasteiger partial charge in [0.05, 0.1) is 6.42 Å². The largest absolute Gasteiger partial charge is 0.481 e. The Morgan fingerprint density at radius 3 is 2.58 bits per heavy atom. The summed E-state index contributed by atoms with van der Waals surface area (Å²) in [5, 5.41) is 15.5. The molecule has 2 rings (SSSR count). The summed E-state index contributed by atoms with van der Waals surface area (Å²) in [6.07, 6.45) is 0.424. The normalized spacial score (nSPS) is 10.9. The minimum Gasteiger partial charge on any atom is -0.481 e. The topological polar surface area (TPSA) is 78.9 Å². The van der Waals surface area contributed by atoms with Crippen LogP contribution in [0.2, 0.25) is 0 Å². The first-order valence-corrected chi connectivity index (χ1v) is 6.29. The number of nitrogens with one attached hydrogen (secondary N) is 1. The van der Waals surface area contributed by atoms with E-state index in [1.807, 2.05) is 12.1 Å². The van der Waals surface area contributed by atoms with Crippen LogP contribution in [0.4, 0.5) is 0 Å². The second-order valence-electron chi connectivity index (χ2n) is 4.78. The summed E-state index contributed by atoms with van der Waals surface area (Å²) in [6.45, 7) is 4.29. The number of H-pyrrole nitrogens is 1. The van der Waals surface area contributed by atoms with Crippen LogP contribution in [0.1, 0.15) is 37.6 Å². The standard InChI is InChI=1S/C14H17N3O2/c1-9(2)10-3-5-11(6-4-10)14-15-12(16-17-14)7-8-13(18)19/h3-6,9H,7-8H2,1-2H3,(H,18,19)(H,15,16,17). The van der Waals surface area contributed by atoms with Gasteiger partial charge in [-0.15, -0.1) is 0 Å². The zero-order valence-corrected chi connectivity index (χ0v) is 11.1. The lowest BCUT2D eigenvalue weighted by Crippen LogP contribution is -1.98. The Balaban J connectivity index is 2.11. The average molecular weight is 259 g/mol. The maximum absolute atomic E-state index is 10.5. The maximum Gasteiger partial charge on any atom is 0.303 e. The van der Waals surface area contributed by atoms with Gasteiger partial charge in [0.1, 0.15) is 5.82 Å². The fourth-order valence-electron chi connectivity index (χ4n) is 1.78. The lowest BCUT2D eigenvalue weighted by molar-refractivity contribution is -0.137. The molecule has 2 aromatic rings. The molecule has 0 aliphatic rings. The van der Waals surface area contributed by atoms with Crippen LogP contribution in [0.5, 0.6) is 0 Å². The number of hydrogen-bond acceptors (Lipinski definition) is 3. The molecule has 0 saturated carbocycles. The van der Waals surface area contributed by atoms with Gasteiger partial charge in [-0.25, -0.2) is 4.98 Å². The molecule has 0 spiro atoms. The molecule has 100 valence electrons. The molecule has 19 heavy (non-hydrogen) atoms. The molecule has 5 heteroatoms. The van der Waals surface area contributed by atoms with Crippen molar-refractivity contribution in [3.63, 3.8) is 0 Å². The lowest BCUT2D eigenvalue weighted by atomic mass is 10.0. The molecule has 0 aliphatic heterocycles. The van der Waals surface area contributed by atoms with E-state index in [-0.39, 0.29) is 6.42 Å². The molecule has 1 heterocycles. The van der Waals surface area contributed by atoms with Crippen LogP contribution in [0, 0.1) is 0 Å². The van der Waals surface area contributed by atoms with Gasteiger partial charge in [-0.3, -0.25) is 9.89 Å². The Bertz CT molecular complexity index is 558. The number of rotatable bonds is 5. The van der Waals surface area contributed by atoms with E-state index in [0.717, 1.165) is 5.56 Å². The van der Waals surface area contributed by atoms with Gasteiger partial charge >= 0.3 is 5.97 Å². The van der Waals surface area contributed by atoms with Gasteiger partial charge in [-0.05, 0) is 11.5 Å². The summed E-state index contributed by atoms with van der Waals surface area (Å²) in [4.78, 5) is 14.8. The SMILES string of the molecule is CC(C)c1ccc(-c2n[nH]c(CCC(=O)O)n2)cc1. The number of nitrogens with zero attached hydrogens (tertiary/aromatic N) is 2. The Hall–Kier alpha value is -2.17. The number of carboxylic acid groups (broad SMARTS) is 1. The van der Waals surface area contributed by atoms with E-state index in [2.05, 4.69) is 41.2 Å². The molecule has 2 N–H and O–H groups in total. The molecular formula is C14H17N3O2. The van der Waals surface area contributed by atoms with Gasteiger partial charge in [0.2, 0.25) is 0 Å². The van der Waals surface area contributed by atoms with Crippen molar-refractivity contribution in [3.05, 3.63) is 35.7 Å². The summed E-state index contributed by atoms with van der Waals surface area (Å²) in [5.41, 5.74) is 2.20. The molecule has 0 aliphatic carbocycles. The first kappa shape index (κ1) is 13.3. The quantitative estimate of drug-likeness (QED) is 0.865. The zero-order valence-electron chi connectivity index (χ0n) is 11.1. The van der Waals surface area contributed by atoms with Crippen molar-refractivity contribution in [2.45, 2.75) is 32.6 Å². The van der Waals surface area contributed by atoms with Gasteiger partial charge in [0, 0.05) is 12.0 Å². The highest BCUT2D eigenvalue weighted by Crippen LogP contribution is 2.20. The van der Waals surface area contributed by atoms with Crippen molar-refractivity contribution >= 4 is 5.97 Å². The first-order valence-electron chi connectivity index (χ1n) is 6.29. The van der Waals surface area contributed by atoms with E-state index >= 15 is 0 Å². The van der Waals surface area contributed by atoms with Crippen LogP contribution in [-0.2, 0) is 11.2 Å². The summed E-state index contributed by atoms with van der Waals surface area (Å²) < 4.78 is 0. The van der Waals surface area contributed by atoms with Gasteiger partial charge < -0.3 is 5.11 Å². The van der Waals surface area contributed by atoms with Crippen LogP contribution in [0.25, 0.3) is 11.4 Å². The second-order valence-corrected chi connectivity index (χ2v) is 4.78. The van der Waals surface area contributed by atoms with Crippen LogP contribution in [0.3, 0.4) is 0 Å². The molecule has 0 fully saturated rings. The first-order chi connectivity index (χ1) is 9.06. The number of hydrogen-bond donors (Lipinski definition) is 2. The van der Waals surface area contributed by atoms with Crippen LogP contribution in [0.15, 0.2) is 24.3 Å². The van der Waals surface area contributed by atoms with E-state index < -0.39 is 5.97 Å². The molecule has 0 atom stereocenters. The van der Waals surface area contributed by atoms with Crippen molar-refractivity contribution in [1.29, 1.82) is 0 Å². The number of carboxylic acids is 1. The highest BCUT2D eigenvalue weighted by atomic mass is 16.4. The molecule has 0 bridgehead atoms. The minimum atomic E-state index is -0.834. The van der Waals surface area contributed by atoms with Gasteiger partial charge in [-0.1, -0.05) is 38.1 Å². The zero-order chi connectivity index (χ0) is 13.8. The van der Waals surface area contributed by atoms with E-state index in [1.165, 1.54) is 5.56 Å². The van der Waals surface area contributed by atoms with Gasteiger partial charge in [0.25, 0.3) is 0 Å². The monoisotopic (exact) mass is 259 g/mol. The van der Waals surface area contributed by atoms with Crippen molar-refractivity contribution in [1.82, 2.24) is 15.2 Å². The fraction of sp³-hybridized carbons (Fsp3) is 0.357. The minimum absolute atomic E-state index is 0.0565. The molecule has 1 aromatic heterocycles. The summed E-state index contributed by atoms with van der Waals surface area (Å²) >= 11 is 0. The summed E-state index contributed by atoms with van der Waals surface area (Å²) in [5.74, 6) is 0.868. The average Bonchev–Trinajstić information content (AvgIpc) is 2.85.